The van der Waals surface area contributed by atoms with Gasteiger partial charge in [-0.3, -0.25) is 9.69 Å². The number of carbonyl (C=O) groups is 1. The van der Waals surface area contributed by atoms with E-state index in [4.69, 9.17) is 20.8 Å². The lowest BCUT2D eigenvalue weighted by Crippen LogP contribution is -2.55. The van der Waals surface area contributed by atoms with Crippen molar-refractivity contribution in [1.82, 2.24) is 9.80 Å². The minimum Gasteiger partial charge on any atom is -0.451 e. The minimum absolute atomic E-state index is 0.235. The fraction of sp³-hybridized carbons (Fsp3) is 0.526. The third-order valence-electron chi connectivity index (χ3n) is 5.38. The van der Waals surface area contributed by atoms with Crippen LogP contribution < -0.4 is 0 Å². The zero-order valence-electron chi connectivity index (χ0n) is 14.9. The number of likely N-dealkylation sites (tertiary alicyclic amines) is 1. The molecule has 2 aliphatic rings. The maximum atomic E-state index is 13.0. The zero-order valence-corrected chi connectivity index (χ0v) is 15.6. The lowest BCUT2D eigenvalue weighted by atomic mass is 10.0. The molecule has 0 unspecified atom stereocenters. The largest absolute Gasteiger partial charge is 0.451 e. The Hall–Kier alpha value is -1.64. The second-order valence-corrected chi connectivity index (χ2v) is 7.54. The number of benzene rings is 1. The minimum atomic E-state index is -0.907. The molecule has 0 radical (unpaired) electrons. The molecular formula is C19H23ClN2O5. The van der Waals surface area contributed by atoms with Crippen LogP contribution in [0.3, 0.4) is 0 Å². The van der Waals surface area contributed by atoms with E-state index in [-0.39, 0.29) is 17.7 Å². The molecule has 0 spiro atoms. The maximum absolute atomic E-state index is 13.0. The second-order valence-electron chi connectivity index (χ2n) is 7.11. The normalized spacial score (nSPS) is 27.7. The number of aliphatic hydroxyl groups excluding tert-OH is 2. The number of aliphatic hydroxyl groups is 2. The number of rotatable bonds is 2. The smallest absolute Gasteiger partial charge is 0.289 e. The van der Waals surface area contributed by atoms with Gasteiger partial charge in [-0.25, -0.2) is 0 Å². The number of fused-ring (bicyclic) bond motifs is 1. The topological polar surface area (TPSA) is 86.4 Å². The van der Waals surface area contributed by atoms with Gasteiger partial charge in [0.25, 0.3) is 5.91 Å². The van der Waals surface area contributed by atoms with Crippen molar-refractivity contribution >= 4 is 28.5 Å². The van der Waals surface area contributed by atoms with E-state index in [1.165, 1.54) is 0 Å². The summed E-state index contributed by atoms with van der Waals surface area (Å²) in [5.74, 6) is -0.0132. The van der Waals surface area contributed by atoms with Gasteiger partial charge in [-0.1, -0.05) is 11.6 Å². The van der Waals surface area contributed by atoms with E-state index in [1.807, 2.05) is 0 Å². The number of morpholine rings is 1. The molecule has 1 aromatic heterocycles. The number of furan rings is 1. The van der Waals surface area contributed by atoms with Crippen LogP contribution >= 0.6 is 11.6 Å². The summed E-state index contributed by atoms with van der Waals surface area (Å²) < 4.78 is 11.1. The molecule has 2 saturated heterocycles. The Morgan fingerprint density at radius 2 is 1.93 bits per heavy atom. The molecule has 2 fully saturated rings. The first-order valence-electron chi connectivity index (χ1n) is 9.19. The molecule has 0 bridgehead atoms. The lowest BCUT2D eigenvalue weighted by Gasteiger charge is -2.38. The summed E-state index contributed by atoms with van der Waals surface area (Å²) in [4.78, 5) is 16.8. The van der Waals surface area contributed by atoms with Gasteiger partial charge in [-0.2, -0.15) is 0 Å². The first-order valence-corrected chi connectivity index (χ1v) is 9.57. The number of amides is 1. The first-order chi connectivity index (χ1) is 13.0. The van der Waals surface area contributed by atoms with Crippen molar-refractivity contribution in [2.75, 3.05) is 39.4 Å². The van der Waals surface area contributed by atoms with Gasteiger partial charge in [-0.05, 0) is 30.7 Å². The molecule has 1 aromatic carbocycles. The van der Waals surface area contributed by atoms with E-state index in [9.17, 15) is 15.0 Å². The van der Waals surface area contributed by atoms with Crippen LogP contribution in [0.15, 0.2) is 28.7 Å². The van der Waals surface area contributed by atoms with Gasteiger partial charge in [0.1, 0.15) is 5.58 Å². The highest BCUT2D eigenvalue weighted by Crippen LogP contribution is 2.25. The monoisotopic (exact) mass is 394 g/mol. The third kappa shape index (κ3) is 3.83. The summed E-state index contributed by atoms with van der Waals surface area (Å²) in [5, 5.41) is 22.2. The van der Waals surface area contributed by atoms with Gasteiger partial charge >= 0.3 is 0 Å². The van der Waals surface area contributed by atoms with Gasteiger partial charge < -0.3 is 24.3 Å². The Kier molecular flexibility index (Phi) is 5.39. The average Bonchev–Trinajstić information content (AvgIpc) is 3.04. The quantitative estimate of drug-likeness (QED) is 0.799. The van der Waals surface area contributed by atoms with E-state index in [1.54, 1.807) is 29.2 Å². The summed E-state index contributed by atoms with van der Waals surface area (Å²) >= 11 is 6.01. The van der Waals surface area contributed by atoms with Crippen LogP contribution in [0.5, 0.6) is 0 Å². The molecule has 2 N–H and O–H groups in total. The summed E-state index contributed by atoms with van der Waals surface area (Å²) in [6, 6.07) is 6.55. The van der Waals surface area contributed by atoms with Crippen LogP contribution in [0.25, 0.3) is 11.0 Å². The number of hydrogen-bond donors (Lipinski definition) is 2. The lowest BCUT2D eigenvalue weighted by molar-refractivity contribution is -0.0609. The maximum Gasteiger partial charge on any atom is 0.289 e. The molecule has 146 valence electrons. The fourth-order valence-corrected chi connectivity index (χ4v) is 4.02. The molecular weight excluding hydrogens is 372 g/mol. The molecule has 4 rings (SSSR count). The Labute approximate surface area is 162 Å². The van der Waals surface area contributed by atoms with Crippen molar-refractivity contribution in [3.63, 3.8) is 0 Å². The van der Waals surface area contributed by atoms with E-state index >= 15 is 0 Å². The highest BCUT2D eigenvalue weighted by molar-refractivity contribution is 6.31. The summed E-state index contributed by atoms with van der Waals surface area (Å²) in [5.41, 5.74) is 0.599. The standard InChI is InChI=1S/C19H23ClN2O5/c20-13-1-2-16-12(9-13)10-17(27-16)19(25)22-4-3-15(23)18(24)14(11-22)21-5-7-26-8-6-21/h1-2,9-10,14-15,18,23-24H,3-8,11H2/t14-,15-,18+/m1/s1. The second kappa shape index (κ2) is 7.77. The van der Waals surface area contributed by atoms with Gasteiger partial charge in [0.2, 0.25) is 0 Å². The summed E-state index contributed by atoms with van der Waals surface area (Å²) in [6.45, 7) is 3.18. The Morgan fingerprint density at radius 1 is 1.15 bits per heavy atom. The van der Waals surface area contributed by atoms with Crippen LogP contribution in [0.4, 0.5) is 0 Å². The SMILES string of the molecule is O=C(c1cc2cc(Cl)ccc2o1)N1CC[C@@H](O)[C@@H](O)[C@H](N2CCOCC2)C1. The number of carbonyl (C=O) groups excluding carboxylic acids is 1. The number of nitrogens with zero attached hydrogens (tertiary/aromatic N) is 2. The van der Waals surface area contributed by atoms with Crippen LogP contribution in [0.1, 0.15) is 17.0 Å². The Balaban J connectivity index is 1.57. The van der Waals surface area contributed by atoms with Crippen LogP contribution in [-0.4, -0.2) is 83.6 Å². The molecule has 8 heteroatoms. The molecule has 7 nitrogen and oxygen atoms in total. The third-order valence-corrected chi connectivity index (χ3v) is 5.62. The Bertz CT molecular complexity index is 820. The first kappa shape index (κ1) is 18.7. The van der Waals surface area contributed by atoms with Gasteiger partial charge in [0.15, 0.2) is 5.76 Å². The van der Waals surface area contributed by atoms with Crippen molar-refractivity contribution in [1.29, 1.82) is 0 Å². The molecule has 0 saturated carbocycles. The molecule has 2 aromatic rings. The van der Waals surface area contributed by atoms with Gasteiger partial charge in [0.05, 0.1) is 31.5 Å². The number of halogens is 1. The van der Waals surface area contributed by atoms with E-state index in [2.05, 4.69) is 4.90 Å². The summed E-state index contributed by atoms with van der Waals surface area (Å²) in [6.07, 6.45) is -1.46. The van der Waals surface area contributed by atoms with Gasteiger partial charge in [0, 0.05) is 36.6 Å². The Morgan fingerprint density at radius 3 is 2.70 bits per heavy atom. The van der Waals surface area contributed by atoms with Crippen LogP contribution in [-0.2, 0) is 4.74 Å². The van der Waals surface area contributed by atoms with Crippen molar-refractivity contribution in [2.24, 2.45) is 0 Å². The van der Waals surface area contributed by atoms with E-state index < -0.39 is 12.2 Å². The van der Waals surface area contributed by atoms with Crippen LogP contribution in [0.2, 0.25) is 5.02 Å². The van der Waals surface area contributed by atoms with E-state index in [0.717, 1.165) is 5.39 Å². The zero-order chi connectivity index (χ0) is 19.0. The molecule has 3 atom stereocenters. The highest BCUT2D eigenvalue weighted by Gasteiger charge is 2.38. The van der Waals surface area contributed by atoms with Crippen molar-refractivity contribution in [3.8, 4) is 0 Å². The predicted octanol–water partition coefficient (Wildman–Crippen LogP) is 1.35. The van der Waals surface area contributed by atoms with Crippen molar-refractivity contribution < 1.29 is 24.2 Å². The molecule has 1 amide bonds. The molecule has 27 heavy (non-hydrogen) atoms. The number of hydrogen-bond acceptors (Lipinski definition) is 6. The highest BCUT2D eigenvalue weighted by atomic mass is 35.5. The van der Waals surface area contributed by atoms with Gasteiger partial charge in [-0.15, -0.1) is 0 Å². The molecule has 0 aliphatic carbocycles. The molecule has 2 aliphatic heterocycles. The molecule has 3 heterocycles. The summed E-state index contributed by atoms with van der Waals surface area (Å²) in [7, 11) is 0. The fourth-order valence-electron chi connectivity index (χ4n) is 3.84. The average molecular weight is 395 g/mol. The van der Waals surface area contributed by atoms with E-state index in [0.29, 0.717) is 56.4 Å². The number of ether oxygens (including phenoxy) is 1. The van der Waals surface area contributed by atoms with Crippen LogP contribution in [0, 0.1) is 0 Å². The van der Waals surface area contributed by atoms with Crippen molar-refractivity contribution in [3.05, 3.63) is 35.0 Å². The van der Waals surface area contributed by atoms with Crippen molar-refractivity contribution in [2.45, 2.75) is 24.7 Å². The predicted molar refractivity (Wildman–Crippen MR) is 99.9 cm³/mol.